The minimum Gasteiger partial charge on any atom is -0.445 e. The average Bonchev–Trinajstić information content (AvgIpc) is 2.29. The Morgan fingerprint density at radius 1 is 1.24 bits per heavy atom. The van der Waals surface area contributed by atoms with Gasteiger partial charge in [-0.25, -0.2) is 4.98 Å². The molecule has 1 aromatic rings. The molecule has 2 rings (SSSR count). The van der Waals surface area contributed by atoms with Crippen LogP contribution >= 0.6 is 0 Å². The molecule has 1 saturated heterocycles. The van der Waals surface area contributed by atoms with Gasteiger partial charge in [0.25, 0.3) is 0 Å². The SMILES string of the molecule is F[B-](F)(F)c1ccnc(N2CCOCC2)c1.[K+]. The van der Waals surface area contributed by atoms with Crippen molar-refractivity contribution < 1.29 is 69.1 Å². The number of rotatable bonds is 2. The van der Waals surface area contributed by atoms with Gasteiger partial charge in [-0.05, 0) is 6.07 Å². The fourth-order valence-corrected chi connectivity index (χ4v) is 1.60. The van der Waals surface area contributed by atoms with Gasteiger partial charge in [0.2, 0.25) is 0 Å². The molecule has 0 unspecified atom stereocenters. The van der Waals surface area contributed by atoms with Gasteiger partial charge in [-0.2, -0.15) is 0 Å². The summed E-state index contributed by atoms with van der Waals surface area (Å²) >= 11 is 0. The van der Waals surface area contributed by atoms with E-state index in [0.717, 1.165) is 12.1 Å². The van der Waals surface area contributed by atoms with Crippen molar-refractivity contribution in [1.29, 1.82) is 0 Å². The van der Waals surface area contributed by atoms with Gasteiger partial charge in [0.15, 0.2) is 0 Å². The molecule has 8 heteroatoms. The largest absolute Gasteiger partial charge is 1.00 e. The second kappa shape index (κ2) is 6.53. The van der Waals surface area contributed by atoms with Gasteiger partial charge in [0.1, 0.15) is 5.82 Å². The smallest absolute Gasteiger partial charge is 0.445 e. The van der Waals surface area contributed by atoms with Crippen LogP contribution in [-0.2, 0) is 4.74 Å². The molecule has 1 aromatic heterocycles. The first-order valence-electron chi connectivity index (χ1n) is 5.06. The summed E-state index contributed by atoms with van der Waals surface area (Å²) in [5.41, 5.74) is -0.600. The number of halogens is 3. The van der Waals surface area contributed by atoms with E-state index in [4.69, 9.17) is 4.74 Å². The normalized spacial score (nSPS) is 16.5. The molecule has 0 spiro atoms. The van der Waals surface area contributed by atoms with Crippen molar-refractivity contribution in [3.8, 4) is 0 Å². The number of nitrogens with zero attached hydrogens (tertiary/aromatic N) is 2. The third kappa shape index (κ3) is 4.22. The molecule has 0 aliphatic carbocycles. The standard InChI is InChI=1S/C9H11BF3N2O.K/c11-10(12,13)8-1-2-14-9(7-8)15-3-5-16-6-4-15;/h1-2,7H,3-6H2;/q-1;+1. The van der Waals surface area contributed by atoms with Gasteiger partial charge in [0.05, 0.1) is 13.2 Å². The van der Waals surface area contributed by atoms with E-state index in [-0.39, 0.29) is 51.4 Å². The fourth-order valence-electron chi connectivity index (χ4n) is 1.60. The van der Waals surface area contributed by atoms with Gasteiger partial charge < -0.3 is 22.6 Å². The molecule has 2 heterocycles. The Labute approximate surface area is 140 Å². The average molecular weight is 270 g/mol. The van der Waals surface area contributed by atoms with Gasteiger partial charge in [0, 0.05) is 19.3 Å². The first-order chi connectivity index (χ1) is 7.57. The van der Waals surface area contributed by atoms with Crippen molar-refractivity contribution in [2.24, 2.45) is 0 Å². The summed E-state index contributed by atoms with van der Waals surface area (Å²) in [5, 5.41) is 0. The van der Waals surface area contributed by atoms with E-state index in [1.807, 2.05) is 0 Å². The predicted octanol–water partition coefficient (Wildman–Crippen LogP) is -2.02. The van der Waals surface area contributed by atoms with Crippen molar-refractivity contribution in [2.75, 3.05) is 31.2 Å². The van der Waals surface area contributed by atoms with E-state index in [0.29, 0.717) is 32.1 Å². The van der Waals surface area contributed by atoms with Gasteiger partial charge in [-0.3, -0.25) is 0 Å². The van der Waals surface area contributed by atoms with Crippen molar-refractivity contribution >= 4 is 18.3 Å². The van der Waals surface area contributed by atoms with E-state index >= 15 is 0 Å². The molecule has 0 atom stereocenters. The molecule has 1 aliphatic heterocycles. The number of aromatic nitrogens is 1. The minimum atomic E-state index is -4.95. The third-order valence-electron chi connectivity index (χ3n) is 2.48. The quantitative estimate of drug-likeness (QED) is 0.580. The molecule has 0 amide bonds. The van der Waals surface area contributed by atoms with Crippen molar-refractivity contribution in [3.05, 3.63) is 18.3 Å². The molecular weight excluding hydrogens is 259 g/mol. The van der Waals surface area contributed by atoms with E-state index in [2.05, 4.69) is 4.98 Å². The number of ether oxygens (including phenoxy) is 1. The van der Waals surface area contributed by atoms with Crippen LogP contribution in [0.15, 0.2) is 18.3 Å². The molecule has 17 heavy (non-hydrogen) atoms. The Morgan fingerprint density at radius 2 is 1.88 bits per heavy atom. The summed E-state index contributed by atoms with van der Waals surface area (Å²) in [5.74, 6) is 0.375. The first-order valence-corrected chi connectivity index (χ1v) is 5.06. The van der Waals surface area contributed by atoms with Crippen LogP contribution in [0.4, 0.5) is 18.8 Å². The first kappa shape index (κ1) is 15.5. The Kier molecular flexibility index (Phi) is 5.94. The summed E-state index contributed by atoms with van der Waals surface area (Å²) in [7, 11) is 0. The van der Waals surface area contributed by atoms with Crippen LogP contribution in [0.3, 0.4) is 0 Å². The Morgan fingerprint density at radius 3 is 2.47 bits per heavy atom. The predicted molar refractivity (Wildman–Crippen MR) is 56.0 cm³/mol. The molecule has 0 aromatic carbocycles. The zero-order valence-electron chi connectivity index (χ0n) is 9.57. The van der Waals surface area contributed by atoms with Gasteiger partial charge in [-0.1, -0.05) is 6.07 Å². The summed E-state index contributed by atoms with van der Waals surface area (Å²) in [6.07, 6.45) is 1.20. The second-order valence-electron chi connectivity index (χ2n) is 3.62. The maximum atomic E-state index is 12.5. The molecule has 0 saturated carbocycles. The van der Waals surface area contributed by atoms with Crippen molar-refractivity contribution in [1.82, 2.24) is 4.98 Å². The summed E-state index contributed by atoms with van der Waals surface area (Å²) in [4.78, 5) is 5.76. The molecule has 1 fully saturated rings. The minimum absolute atomic E-state index is 0. The van der Waals surface area contributed by atoms with Crippen LogP contribution in [-0.4, -0.2) is 38.3 Å². The maximum Gasteiger partial charge on any atom is 1.00 e. The Balaban J connectivity index is 0.00000144. The number of morpholine rings is 1. The van der Waals surface area contributed by atoms with Gasteiger partial charge >= 0.3 is 58.4 Å². The van der Waals surface area contributed by atoms with Gasteiger partial charge in [-0.15, -0.1) is 5.46 Å². The van der Waals surface area contributed by atoms with Crippen LogP contribution in [0.5, 0.6) is 0 Å². The summed E-state index contributed by atoms with van der Waals surface area (Å²) in [6, 6.07) is 2.11. The van der Waals surface area contributed by atoms with Crippen molar-refractivity contribution in [3.63, 3.8) is 0 Å². The zero-order valence-corrected chi connectivity index (χ0v) is 12.7. The van der Waals surface area contributed by atoms with E-state index in [9.17, 15) is 12.9 Å². The number of hydrogen-bond donors (Lipinski definition) is 0. The number of hydrogen-bond acceptors (Lipinski definition) is 3. The number of pyridine rings is 1. The van der Waals surface area contributed by atoms with Crippen molar-refractivity contribution in [2.45, 2.75) is 0 Å². The Hall–Kier alpha value is 0.401. The van der Waals surface area contributed by atoms with Crippen LogP contribution in [0, 0.1) is 0 Å². The van der Waals surface area contributed by atoms with E-state index in [1.165, 1.54) is 6.20 Å². The third-order valence-corrected chi connectivity index (χ3v) is 2.48. The summed E-state index contributed by atoms with van der Waals surface area (Å²) in [6.45, 7) is -2.72. The summed E-state index contributed by atoms with van der Waals surface area (Å²) < 4.78 is 42.7. The monoisotopic (exact) mass is 270 g/mol. The van der Waals surface area contributed by atoms with E-state index in [1.54, 1.807) is 4.90 Å². The fraction of sp³-hybridized carbons (Fsp3) is 0.444. The maximum absolute atomic E-state index is 12.5. The molecule has 0 N–H and O–H groups in total. The molecule has 0 radical (unpaired) electrons. The Bertz CT molecular complexity index is 372. The molecule has 88 valence electrons. The molecule has 1 aliphatic rings. The van der Waals surface area contributed by atoms with Crippen LogP contribution < -0.4 is 61.7 Å². The molecule has 0 bridgehead atoms. The zero-order chi connectivity index (χ0) is 11.6. The second-order valence-corrected chi connectivity index (χ2v) is 3.62. The van der Waals surface area contributed by atoms with Crippen LogP contribution in [0.1, 0.15) is 0 Å². The molecular formula is C9H11BF3KN2O. The van der Waals surface area contributed by atoms with Crippen LogP contribution in [0.2, 0.25) is 0 Å². The molecule has 3 nitrogen and oxygen atoms in total. The van der Waals surface area contributed by atoms with Crippen LogP contribution in [0.25, 0.3) is 0 Å². The number of anilines is 1. The topological polar surface area (TPSA) is 25.4 Å². The van der Waals surface area contributed by atoms with E-state index < -0.39 is 12.4 Å².